The summed E-state index contributed by atoms with van der Waals surface area (Å²) < 4.78 is 5.81. The van der Waals surface area contributed by atoms with Crippen molar-refractivity contribution in [2.75, 3.05) is 6.61 Å². The van der Waals surface area contributed by atoms with Crippen molar-refractivity contribution < 1.29 is 9.53 Å². The molecule has 0 radical (unpaired) electrons. The molecular weight excluding hydrogens is 324 g/mol. The van der Waals surface area contributed by atoms with E-state index in [0.717, 1.165) is 23.1 Å². The second-order valence-electron chi connectivity index (χ2n) is 6.34. The molecule has 0 unspecified atom stereocenters. The SMILES string of the molecule is O=C(N[C@H](c1ccccc1)c1cccnc1)[C@@H]1OCCc2ccccc21. The zero-order chi connectivity index (χ0) is 17.8. The molecule has 1 aromatic heterocycles. The lowest BCUT2D eigenvalue weighted by Gasteiger charge is -2.27. The van der Waals surface area contributed by atoms with Crippen molar-refractivity contribution in [2.24, 2.45) is 0 Å². The van der Waals surface area contributed by atoms with Crippen LogP contribution in [0.25, 0.3) is 0 Å². The summed E-state index contributed by atoms with van der Waals surface area (Å²) in [5.41, 5.74) is 4.08. The van der Waals surface area contributed by atoms with Gasteiger partial charge in [-0.2, -0.15) is 0 Å². The van der Waals surface area contributed by atoms with E-state index in [0.29, 0.717) is 6.61 Å². The maximum absolute atomic E-state index is 13.1. The molecule has 0 saturated heterocycles. The third-order valence-electron chi connectivity index (χ3n) is 4.67. The minimum absolute atomic E-state index is 0.130. The molecule has 4 nitrogen and oxygen atoms in total. The largest absolute Gasteiger partial charge is 0.363 e. The number of hydrogen-bond acceptors (Lipinski definition) is 3. The molecular formula is C22H20N2O2. The fraction of sp³-hybridized carbons (Fsp3) is 0.182. The van der Waals surface area contributed by atoms with E-state index in [4.69, 9.17) is 4.74 Å². The zero-order valence-corrected chi connectivity index (χ0v) is 14.3. The molecule has 130 valence electrons. The summed E-state index contributed by atoms with van der Waals surface area (Å²) in [5, 5.41) is 3.16. The Morgan fingerprint density at radius 3 is 2.58 bits per heavy atom. The number of carbonyl (C=O) groups is 1. The number of nitrogens with zero attached hydrogens (tertiary/aromatic N) is 1. The van der Waals surface area contributed by atoms with E-state index in [1.165, 1.54) is 5.56 Å². The number of pyridine rings is 1. The molecule has 1 N–H and O–H groups in total. The highest BCUT2D eigenvalue weighted by Gasteiger charge is 2.29. The number of rotatable bonds is 4. The standard InChI is InChI=1S/C22H20N2O2/c25-22(21-19-11-5-4-7-16(19)12-14-26-21)24-20(17-8-2-1-3-9-17)18-10-6-13-23-15-18/h1-11,13,15,20-21H,12,14H2,(H,24,25)/t20-,21-/m1/s1. The van der Waals surface area contributed by atoms with Crippen molar-refractivity contribution in [1.29, 1.82) is 0 Å². The third kappa shape index (κ3) is 3.37. The van der Waals surface area contributed by atoms with Gasteiger partial charge < -0.3 is 10.1 Å². The predicted octanol–water partition coefficient (Wildman–Crippen LogP) is 3.60. The lowest BCUT2D eigenvalue weighted by molar-refractivity contribution is -0.134. The van der Waals surface area contributed by atoms with Crippen LogP contribution in [0.1, 0.15) is 34.4 Å². The Morgan fingerprint density at radius 1 is 1.00 bits per heavy atom. The third-order valence-corrected chi connectivity index (χ3v) is 4.67. The molecule has 1 amide bonds. The first-order chi connectivity index (χ1) is 12.8. The monoisotopic (exact) mass is 344 g/mol. The molecule has 2 heterocycles. The van der Waals surface area contributed by atoms with E-state index in [9.17, 15) is 4.79 Å². The highest BCUT2D eigenvalue weighted by molar-refractivity contribution is 5.83. The van der Waals surface area contributed by atoms with Crippen molar-refractivity contribution in [1.82, 2.24) is 10.3 Å². The van der Waals surface area contributed by atoms with Crippen molar-refractivity contribution in [3.05, 3.63) is 101 Å². The van der Waals surface area contributed by atoms with Gasteiger partial charge in [0.05, 0.1) is 12.6 Å². The Hall–Kier alpha value is -2.98. The van der Waals surface area contributed by atoms with Gasteiger partial charge in [-0.1, -0.05) is 60.7 Å². The van der Waals surface area contributed by atoms with E-state index in [1.807, 2.05) is 60.7 Å². The van der Waals surface area contributed by atoms with Gasteiger partial charge in [0.2, 0.25) is 0 Å². The topological polar surface area (TPSA) is 51.2 Å². The minimum atomic E-state index is -0.581. The summed E-state index contributed by atoms with van der Waals surface area (Å²) in [6.07, 6.45) is 3.77. The second kappa shape index (κ2) is 7.50. The van der Waals surface area contributed by atoms with Gasteiger partial charge in [0.25, 0.3) is 5.91 Å². The van der Waals surface area contributed by atoms with Crippen LogP contribution in [0.15, 0.2) is 79.1 Å². The van der Waals surface area contributed by atoms with Gasteiger partial charge in [-0.25, -0.2) is 0 Å². The number of fused-ring (bicyclic) bond motifs is 1. The maximum Gasteiger partial charge on any atom is 0.254 e. The average Bonchev–Trinajstić information content (AvgIpc) is 2.72. The second-order valence-corrected chi connectivity index (χ2v) is 6.34. The number of hydrogen-bond donors (Lipinski definition) is 1. The molecule has 2 aromatic carbocycles. The summed E-state index contributed by atoms with van der Waals surface area (Å²) >= 11 is 0. The fourth-order valence-corrected chi connectivity index (χ4v) is 3.38. The van der Waals surface area contributed by atoms with Crippen LogP contribution in [-0.2, 0) is 16.0 Å². The smallest absolute Gasteiger partial charge is 0.254 e. The van der Waals surface area contributed by atoms with Crippen molar-refractivity contribution in [3.63, 3.8) is 0 Å². The summed E-state index contributed by atoms with van der Waals surface area (Å²) in [6, 6.07) is 21.5. The first-order valence-electron chi connectivity index (χ1n) is 8.77. The van der Waals surface area contributed by atoms with E-state index in [2.05, 4.69) is 16.4 Å². The van der Waals surface area contributed by atoms with Gasteiger partial charge in [0.1, 0.15) is 0 Å². The predicted molar refractivity (Wildman–Crippen MR) is 99.5 cm³/mol. The molecule has 1 aliphatic heterocycles. The van der Waals surface area contributed by atoms with Crippen LogP contribution in [0.5, 0.6) is 0 Å². The molecule has 2 atom stereocenters. The molecule has 0 saturated carbocycles. The number of amides is 1. The normalized spacial score (nSPS) is 17.2. The van der Waals surface area contributed by atoms with Crippen LogP contribution < -0.4 is 5.32 Å². The van der Waals surface area contributed by atoms with Crippen molar-refractivity contribution in [3.8, 4) is 0 Å². The Balaban J connectivity index is 1.64. The molecule has 0 spiro atoms. The number of aromatic nitrogens is 1. The number of carbonyl (C=O) groups excluding carboxylic acids is 1. The van der Waals surface area contributed by atoms with E-state index in [1.54, 1.807) is 12.4 Å². The van der Waals surface area contributed by atoms with Gasteiger partial charge in [0.15, 0.2) is 6.10 Å². The molecule has 0 fully saturated rings. The summed E-state index contributed by atoms with van der Waals surface area (Å²) in [7, 11) is 0. The zero-order valence-electron chi connectivity index (χ0n) is 14.3. The van der Waals surface area contributed by atoms with E-state index < -0.39 is 6.10 Å². The lowest BCUT2D eigenvalue weighted by atomic mass is 9.95. The minimum Gasteiger partial charge on any atom is -0.363 e. The van der Waals surface area contributed by atoms with Crippen LogP contribution in [0.4, 0.5) is 0 Å². The van der Waals surface area contributed by atoms with Gasteiger partial charge in [-0.3, -0.25) is 9.78 Å². The van der Waals surface area contributed by atoms with Gasteiger partial charge in [-0.05, 0) is 34.7 Å². The van der Waals surface area contributed by atoms with Crippen LogP contribution in [0.3, 0.4) is 0 Å². The Bertz CT molecular complexity index is 841. The maximum atomic E-state index is 13.1. The summed E-state index contributed by atoms with van der Waals surface area (Å²) in [4.78, 5) is 17.3. The highest BCUT2D eigenvalue weighted by Crippen LogP contribution is 2.29. The molecule has 4 heteroatoms. The van der Waals surface area contributed by atoms with Crippen molar-refractivity contribution in [2.45, 2.75) is 18.6 Å². The van der Waals surface area contributed by atoms with Gasteiger partial charge in [0, 0.05) is 12.4 Å². The Labute approximate surface area is 152 Å². The first-order valence-corrected chi connectivity index (χ1v) is 8.77. The number of nitrogens with one attached hydrogen (secondary N) is 1. The van der Waals surface area contributed by atoms with Crippen LogP contribution in [-0.4, -0.2) is 17.5 Å². The first kappa shape index (κ1) is 16.5. The molecule has 1 aliphatic rings. The highest BCUT2D eigenvalue weighted by atomic mass is 16.5. The summed E-state index contributed by atoms with van der Waals surface area (Å²) in [5.74, 6) is -0.130. The average molecular weight is 344 g/mol. The molecule has 0 bridgehead atoms. The van der Waals surface area contributed by atoms with Crippen molar-refractivity contribution >= 4 is 5.91 Å². The van der Waals surface area contributed by atoms with Gasteiger partial charge >= 0.3 is 0 Å². The van der Waals surface area contributed by atoms with E-state index >= 15 is 0 Å². The number of ether oxygens (including phenoxy) is 1. The Kier molecular flexibility index (Phi) is 4.75. The molecule has 4 rings (SSSR count). The summed E-state index contributed by atoms with van der Waals surface area (Å²) in [6.45, 7) is 0.554. The Morgan fingerprint density at radius 2 is 1.77 bits per heavy atom. The quantitative estimate of drug-likeness (QED) is 0.787. The molecule has 26 heavy (non-hydrogen) atoms. The molecule has 0 aliphatic carbocycles. The lowest BCUT2D eigenvalue weighted by Crippen LogP contribution is -2.36. The van der Waals surface area contributed by atoms with Gasteiger partial charge in [-0.15, -0.1) is 0 Å². The van der Waals surface area contributed by atoms with E-state index in [-0.39, 0.29) is 11.9 Å². The fourth-order valence-electron chi connectivity index (χ4n) is 3.38. The van der Waals surface area contributed by atoms with Crippen LogP contribution in [0, 0.1) is 0 Å². The van der Waals surface area contributed by atoms with Crippen LogP contribution >= 0.6 is 0 Å². The van der Waals surface area contributed by atoms with Crippen LogP contribution in [0.2, 0.25) is 0 Å². The molecule has 3 aromatic rings. The number of benzene rings is 2.